The second-order valence-corrected chi connectivity index (χ2v) is 6.93. The van der Waals surface area contributed by atoms with Crippen molar-refractivity contribution in [2.75, 3.05) is 26.1 Å². The molecule has 1 atom stereocenters. The summed E-state index contributed by atoms with van der Waals surface area (Å²) in [5.74, 6) is 2.64. The highest BCUT2D eigenvalue weighted by molar-refractivity contribution is 5.99. The molecule has 1 aliphatic carbocycles. The number of nitrogens with one attached hydrogen (secondary N) is 1. The van der Waals surface area contributed by atoms with Crippen LogP contribution in [0.15, 0.2) is 29.5 Å². The highest BCUT2D eigenvalue weighted by Gasteiger charge is 2.37. The molecule has 8 nitrogen and oxygen atoms in total. The molecule has 0 spiro atoms. The summed E-state index contributed by atoms with van der Waals surface area (Å²) < 4.78 is 12.6. The Bertz CT molecular complexity index is 934. The summed E-state index contributed by atoms with van der Waals surface area (Å²) in [6.07, 6.45) is 3.34. The Morgan fingerprint density at radius 3 is 2.82 bits per heavy atom. The molecule has 8 heteroatoms. The minimum Gasteiger partial charge on any atom is -0.493 e. The van der Waals surface area contributed by atoms with E-state index in [1.54, 1.807) is 18.9 Å². The zero-order valence-electron chi connectivity index (χ0n) is 16.1. The Hall–Kier alpha value is -2.87. The normalized spacial score (nSPS) is 18.4. The van der Waals surface area contributed by atoms with Gasteiger partial charge >= 0.3 is 0 Å². The van der Waals surface area contributed by atoms with Crippen molar-refractivity contribution in [2.24, 2.45) is 0 Å². The number of hydrogen-bond acceptors (Lipinski definition) is 7. The molecule has 1 aromatic heterocycles. The van der Waals surface area contributed by atoms with Crippen LogP contribution in [-0.2, 0) is 11.2 Å². The first kappa shape index (κ1) is 18.5. The number of allylic oxidation sites excluding steroid dienone is 2. The summed E-state index contributed by atoms with van der Waals surface area (Å²) in [5, 5.41) is 17.1. The van der Waals surface area contributed by atoms with Gasteiger partial charge in [0.15, 0.2) is 23.1 Å². The van der Waals surface area contributed by atoms with Crippen LogP contribution in [0.5, 0.6) is 11.5 Å². The number of ether oxygens (including phenoxy) is 2. The van der Waals surface area contributed by atoms with Crippen LogP contribution in [0.3, 0.4) is 0 Å². The first-order chi connectivity index (χ1) is 13.7. The molecule has 2 aromatic rings. The zero-order valence-corrected chi connectivity index (χ0v) is 16.1. The van der Waals surface area contributed by atoms with E-state index >= 15 is 0 Å². The van der Waals surface area contributed by atoms with Gasteiger partial charge in [0, 0.05) is 30.7 Å². The van der Waals surface area contributed by atoms with E-state index in [9.17, 15) is 4.79 Å². The number of nitrogens with zero attached hydrogens (tertiary/aromatic N) is 3. The van der Waals surface area contributed by atoms with Crippen molar-refractivity contribution >= 4 is 11.7 Å². The SMILES string of the molecule is COc1ccc(C2C3=C(CCCC3=O)Nc3nc(CCCO)nn32)cc1OC. The summed E-state index contributed by atoms with van der Waals surface area (Å²) in [4.78, 5) is 17.4. The Kier molecular flexibility index (Phi) is 5.04. The molecule has 0 bridgehead atoms. The van der Waals surface area contributed by atoms with Crippen molar-refractivity contribution in [3.63, 3.8) is 0 Å². The van der Waals surface area contributed by atoms with Crippen molar-refractivity contribution in [3.8, 4) is 11.5 Å². The molecule has 0 radical (unpaired) electrons. The van der Waals surface area contributed by atoms with Crippen LogP contribution in [0.4, 0.5) is 5.95 Å². The smallest absolute Gasteiger partial charge is 0.226 e. The van der Waals surface area contributed by atoms with Crippen LogP contribution in [0.1, 0.15) is 43.1 Å². The van der Waals surface area contributed by atoms with Crippen LogP contribution < -0.4 is 14.8 Å². The molecule has 1 aromatic carbocycles. The van der Waals surface area contributed by atoms with E-state index in [1.165, 1.54) is 0 Å². The largest absolute Gasteiger partial charge is 0.493 e. The van der Waals surface area contributed by atoms with E-state index < -0.39 is 0 Å². The third-order valence-electron chi connectivity index (χ3n) is 5.19. The molecule has 0 saturated carbocycles. The van der Waals surface area contributed by atoms with Gasteiger partial charge in [-0.3, -0.25) is 4.79 Å². The summed E-state index contributed by atoms with van der Waals surface area (Å²) in [6, 6.07) is 5.30. The average molecular weight is 384 g/mol. The van der Waals surface area contributed by atoms with Crippen molar-refractivity contribution in [1.29, 1.82) is 0 Å². The molecule has 148 valence electrons. The number of anilines is 1. The third-order valence-corrected chi connectivity index (χ3v) is 5.19. The van der Waals surface area contributed by atoms with Gasteiger partial charge in [0.1, 0.15) is 6.04 Å². The van der Waals surface area contributed by atoms with E-state index in [0.29, 0.717) is 42.5 Å². The minimum atomic E-state index is -0.366. The lowest BCUT2D eigenvalue weighted by Gasteiger charge is -2.32. The molecule has 1 unspecified atom stereocenters. The molecule has 0 fully saturated rings. The predicted molar refractivity (Wildman–Crippen MR) is 103 cm³/mol. The van der Waals surface area contributed by atoms with E-state index in [0.717, 1.165) is 29.7 Å². The number of hydrogen-bond donors (Lipinski definition) is 2. The van der Waals surface area contributed by atoms with Gasteiger partial charge in [0.25, 0.3) is 0 Å². The number of ketones is 1. The first-order valence-electron chi connectivity index (χ1n) is 9.47. The maximum Gasteiger partial charge on any atom is 0.226 e. The topological polar surface area (TPSA) is 98.5 Å². The molecule has 0 amide bonds. The first-order valence-corrected chi connectivity index (χ1v) is 9.47. The van der Waals surface area contributed by atoms with Gasteiger partial charge in [-0.25, -0.2) is 4.68 Å². The van der Waals surface area contributed by atoms with Gasteiger partial charge in [0.2, 0.25) is 5.95 Å². The van der Waals surface area contributed by atoms with Crippen LogP contribution in [0.25, 0.3) is 0 Å². The molecule has 1 aliphatic heterocycles. The molecule has 0 saturated heterocycles. The maximum absolute atomic E-state index is 12.8. The van der Waals surface area contributed by atoms with Gasteiger partial charge in [-0.05, 0) is 37.0 Å². The molecular formula is C20H24N4O4. The lowest BCUT2D eigenvalue weighted by atomic mass is 9.85. The molecule has 2 heterocycles. The second-order valence-electron chi connectivity index (χ2n) is 6.93. The maximum atomic E-state index is 12.8. The number of aliphatic hydroxyl groups is 1. The van der Waals surface area contributed by atoms with E-state index in [-0.39, 0.29) is 18.4 Å². The molecule has 2 aliphatic rings. The predicted octanol–water partition coefficient (Wildman–Crippen LogP) is 2.24. The van der Waals surface area contributed by atoms with Crippen LogP contribution >= 0.6 is 0 Å². The van der Waals surface area contributed by atoms with Gasteiger partial charge in [-0.15, -0.1) is 0 Å². The van der Waals surface area contributed by atoms with Crippen LogP contribution in [0.2, 0.25) is 0 Å². The van der Waals surface area contributed by atoms with Gasteiger partial charge in [-0.1, -0.05) is 6.07 Å². The molecule has 4 rings (SSSR count). The van der Waals surface area contributed by atoms with E-state index in [2.05, 4.69) is 15.4 Å². The highest BCUT2D eigenvalue weighted by Crippen LogP contribution is 2.42. The number of methoxy groups -OCH3 is 2. The number of benzene rings is 1. The summed E-state index contributed by atoms with van der Waals surface area (Å²) in [6.45, 7) is 0.0869. The Morgan fingerprint density at radius 1 is 1.25 bits per heavy atom. The number of fused-ring (bicyclic) bond motifs is 1. The quantitative estimate of drug-likeness (QED) is 0.788. The summed E-state index contributed by atoms with van der Waals surface area (Å²) in [7, 11) is 3.19. The van der Waals surface area contributed by atoms with Crippen molar-refractivity contribution < 1.29 is 19.4 Å². The lowest BCUT2D eigenvalue weighted by molar-refractivity contribution is -0.116. The van der Waals surface area contributed by atoms with Gasteiger partial charge < -0.3 is 19.9 Å². The third kappa shape index (κ3) is 3.13. The van der Waals surface area contributed by atoms with Crippen molar-refractivity contribution in [3.05, 3.63) is 40.9 Å². The van der Waals surface area contributed by atoms with Crippen molar-refractivity contribution in [2.45, 2.75) is 38.1 Å². The minimum absolute atomic E-state index is 0.0869. The number of aryl methyl sites for hydroxylation is 1. The van der Waals surface area contributed by atoms with Crippen molar-refractivity contribution in [1.82, 2.24) is 14.8 Å². The molecular weight excluding hydrogens is 360 g/mol. The Labute approximate surface area is 163 Å². The number of aliphatic hydroxyl groups excluding tert-OH is 1. The molecule has 28 heavy (non-hydrogen) atoms. The fraction of sp³-hybridized carbons (Fsp3) is 0.450. The molecule has 2 N–H and O–H groups in total. The number of aromatic nitrogens is 3. The van der Waals surface area contributed by atoms with Crippen LogP contribution in [-0.4, -0.2) is 46.5 Å². The standard InChI is InChI=1S/C20H24N4O4/c1-27-15-9-8-12(11-16(15)28-2)19-18-13(5-3-6-14(18)26)21-20-22-17(7-4-10-25)23-24(19)20/h8-9,11,19,25H,3-7,10H2,1-2H3,(H,21,22,23). The number of Topliss-reactive ketones (excluding diaryl/α,β-unsaturated/α-hetero) is 1. The van der Waals surface area contributed by atoms with E-state index in [1.807, 2.05) is 18.2 Å². The highest BCUT2D eigenvalue weighted by atomic mass is 16.5. The zero-order chi connectivity index (χ0) is 19.7. The fourth-order valence-corrected chi connectivity index (χ4v) is 3.87. The number of carbonyl (C=O) groups is 1. The fourth-order valence-electron chi connectivity index (χ4n) is 3.87. The number of carbonyl (C=O) groups excluding carboxylic acids is 1. The number of rotatable bonds is 6. The van der Waals surface area contributed by atoms with Gasteiger partial charge in [-0.2, -0.15) is 10.1 Å². The lowest BCUT2D eigenvalue weighted by Crippen LogP contribution is -2.31. The van der Waals surface area contributed by atoms with Crippen LogP contribution in [0, 0.1) is 0 Å². The summed E-state index contributed by atoms with van der Waals surface area (Å²) >= 11 is 0. The second kappa shape index (κ2) is 7.63. The van der Waals surface area contributed by atoms with E-state index in [4.69, 9.17) is 14.6 Å². The average Bonchev–Trinajstić information content (AvgIpc) is 3.12. The summed E-state index contributed by atoms with van der Waals surface area (Å²) in [5.41, 5.74) is 2.55. The monoisotopic (exact) mass is 384 g/mol. The van der Waals surface area contributed by atoms with Gasteiger partial charge in [0.05, 0.1) is 14.2 Å². The Morgan fingerprint density at radius 2 is 2.07 bits per heavy atom. The Balaban J connectivity index is 1.83.